The van der Waals surface area contributed by atoms with Crippen LogP contribution in [0.4, 0.5) is 0 Å². The average Bonchev–Trinajstić information content (AvgIpc) is 2.87. The summed E-state index contributed by atoms with van der Waals surface area (Å²) in [5.74, 6) is -0.620. The molecule has 3 saturated heterocycles. The van der Waals surface area contributed by atoms with Crippen molar-refractivity contribution < 1.29 is 79.5 Å². The van der Waals surface area contributed by atoms with Gasteiger partial charge in [-0.15, -0.1) is 0 Å². The number of aliphatic hydroxyl groups is 10. The summed E-state index contributed by atoms with van der Waals surface area (Å²) in [6.07, 6.45) is -23.2. The van der Waals surface area contributed by atoms with Crippen molar-refractivity contribution in [1.29, 1.82) is 0 Å². The molecule has 0 spiro atoms. The molecule has 0 aromatic rings. The molecule has 0 aliphatic carbocycles. The van der Waals surface area contributed by atoms with Gasteiger partial charge in [0.05, 0.1) is 19.8 Å². The van der Waals surface area contributed by atoms with Gasteiger partial charge in [0.2, 0.25) is 5.91 Å². The van der Waals surface area contributed by atoms with Gasteiger partial charge in [0.1, 0.15) is 73.2 Å². The molecule has 3 aliphatic rings. The number of nitrogens with one attached hydrogen (secondary N) is 1. The Kier molecular flexibility index (Phi) is 10.5. The Balaban J connectivity index is 1.74. The number of hydrogen-bond donors (Lipinski definition) is 11. The van der Waals surface area contributed by atoms with Crippen LogP contribution in [0.5, 0.6) is 0 Å². The lowest BCUT2D eigenvalue weighted by Gasteiger charge is -2.48. The molecule has 3 rings (SSSR count). The molecule has 15 atom stereocenters. The van der Waals surface area contributed by atoms with E-state index in [4.69, 9.17) is 23.7 Å². The van der Waals surface area contributed by atoms with Crippen LogP contribution in [0.25, 0.3) is 0 Å². The lowest BCUT2D eigenvalue weighted by molar-refractivity contribution is -0.373. The van der Waals surface area contributed by atoms with E-state index in [1.807, 2.05) is 0 Å². The SMILES string of the molecule is CC(=O)N[C@H]1C(O)O[C@H](CO)[C@@H](O[C@@H]2O[C@H](CO)[C@H](O[C@H]3O[C@H](CO)[C@@H](O)[C@H](O)[C@H]3O)[C@H](O)[C@H]2O)[C@@H]1O. The van der Waals surface area contributed by atoms with E-state index in [1.54, 1.807) is 0 Å². The van der Waals surface area contributed by atoms with Crippen molar-refractivity contribution in [3.63, 3.8) is 0 Å². The van der Waals surface area contributed by atoms with E-state index in [1.165, 1.54) is 0 Å². The van der Waals surface area contributed by atoms with Crippen LogP contribution in [0.3, 0.4) is 0 Å². The Bertz CT molecular complexity index is 743. The van der Waals surface area contributed by atoms with Gasteiger partial charge in [-0.3, -0.25) is 4.79 Å². The fourth-order valence-electron chi connectivity index (χ4n) is 4.46. The van der Waals surface area contributed by atoms with E-state index in [0.717, 1.165) is 6.92 Å². The van der Waals surface area contributed by atoms with Crippen LogP contribution in [0.2, 0.25) is 0 Å². The second-order valence-electron chi connectivity index (χ2n) is 9.07. The first-order valence-electron chi connectivity index (χ1n) is 11.6. The Morgan fingerprint density at radius 1 is 0.649 bits per heavy atom. The lowest BCUT2D eigenvalue weighted by Crippen LogP contribution is -2.68. The maximum absolute atomic E-state index is 11.4. The predicted molar refractivity (Wildman–Crippen MR) is 113 cm³/mol. The van der Waals surface area contributed by atoms with Crippen LogP contribution in [0, 0.1) is 0 Å². The summed E-state index contributed by atoms with van der Waals surface area (Å²) in [7, 11) is 0. The molecule has 0 radical (unpaired) electrons. The van der Waals surface area contributed by atoms with Gasteiger partial charge in [0.15, 0.2) is 18.9 Å². The normalized spacial score (nSPS) is 49.0. The molecule has 0 aromatic heterocycles. The highest BCUT2D eigenvalue weighted by molar-refractivity contribution is 5.73. The van der Waals surface area contributed by atoms with Gasteiger partial charge in [-0.25, -0.2) is 0 Å². The number of carbonyl (C=O) groups excluding carboxylic acids is 1. The van der Waals surface area contributed by atoms with E-state index in [2.05, 4.69) is 5.32 Å². The summed E-state index contributed by atoms with van der Waals surface area (Å²) in [6, 6.07) is -1.38. The molecular weight excluding hydrogens is 510 g/mol. The highest BCUT2D eigenvalue weighted by atomic mass is 16.7. The highest BCUT2D eigenvalue weighted by Crippen LogP contribution is 2.32. The molecule has 37 heavy (non-hydrogen) atoms. The van der Waals surface area contributed by atoms with E-state index >= 15 is 0 Å². The molecule has 0 saturated carbocycles. The van der Waals surface area contributed by atoms with Crippen molar-refractivity contribution in [2.45, 2.75) is 99.0 Å². The van der Waals surface area contributed by atoms with E-state index in [-0.39, 0.29) is 0 Å². The number of ether oxygens (including phenoxy) is 5. The number of amides is 1. The summed E-state index contributed by atoms with van der Waals surface area (Å²) in [6.45, 7) is -1.21. The number of carbonyl (C=O) groups is 1. The number of hydrogen-bond acceptors (Lipinski definition) is 16. The summed E-state index contributed by atoms with van der Waals surface area (Å²) in [5.41, 5.74) is 0. The van der Waals surface area contributed by atoms with Crippen LogP contribution >= 0.6 is 0 Å². The molecule has 3 fully saturated rings. The van der Waals surface area contributed by atoms with Crippen molar-refractivity contribution >= 4 is 5.91 Å². The van der Waals surface area contributed by atoms with Gasteiger partial charge in [-0.05, 0) is 0 Å². The van der Waals surface area contributed by atoms with Crippen LogP contribution < -0.4 is 5.32 Å². The van der Waals surface area contributed by atoms with Crippen molar-refractivity contribution in [1.82, 2.24) is 5.32 Å². The topological polar surface area (TPSA) is 278 Å². The second kappa shape index (κ2) is 12.8. The monoisotopic (exact) mass is 545 g/mol. The number of rotatable bonds is 8. The predicted octanol–water partition coefficient (Wildman–Crippen LogP) is -7.43. The first-order chi connectivity index (χ1) is 17.4. The van der Waals surface area contributed by atoms with Crippen LogP contribution in [0.1, 0.15) is 6.92 Å². The summed E-state index contributed by atoms with van der Waals surface area (Å²) in [4.78, 5) is 11.4. The average molecular weight is 545 g/mol. The Labute approximate surface area is 210 Å². The largest absolute Gasteiger partial charge is 0.394 e. The molecule has 1 unspecified atom stereocenters. The van der Waals surface area contributed by atoms with E-state index in [0.29, 0.717) is 0 Å². The van der Waals surface area contributed by atoms with Crippen LogP contribution in [-0.4, -0.2) is 169 Å². The quantitative estimate of drug-likeness (QED) is 0.135. The van der Waals surface area contributed by atoms with Crippen molar-refractivity contribution in [2.24, 2.45) is 0 Å². The number of aliphatic hydroxyl groups excluding tert-OH is 10. The summed E-state index contributed by atoms with van der Waals surface area (Å²) in [5, 5.41) is 103. The highest BCUT2D eigenvalue weighted by Gasteiger charge is 2.53. The Morgan fingerprint density at radius 2 is 1.11 bits per heavy atom. The minimum atomic E-state index is -1.92. The summed E-state index contributed by atoms with van der Waals surface area (Å²) >= 11 is 0. The smallest absolute Gasteiger partial charge is 0.217 e. The lowest BCUT2D eigenvalue weighted by atomic mass is 9.95. The molecule has 17 heteroatoms. The Morgan fingerprint density at radius 3 is 1.62 bits per heavy atom. The molecular formula is C20H35NO16. The van der Waals surface area contributed by atoms with Gasteiger partial charge in [0, 0.05) is 6.92 Å². The fraction of sp³-hybridized carbons (Fsp3) is 0.950. The van der Waals surface area contributed by atoms with Crippen molar-refractivity contribution in [2.75, 3.05) is 19.8 Å². The minimum Gasteiger partial charge on any atom is -0.394 e. The first-order valence-corrected chi connectivity index (χ1v) is 11.6. The zero-order valence-corrected chi connectivity index (χ0v) is 19.7. The van der Waals surface area contributed by atoms with Gasteiger partial charge >= 0.3 is 0 Å². The third kappa shape index (κ3) is 6.38. The van der Waals surface area contributed by atoms with Gasteiger partial charge in [-0.1, -0.05) is 0 Å². The molecule has 0 bridgehead atoms. The van der Waals surface area contributed by atoms with Gasteiger partial charge in [-0.2, -0.15) is 0 Å². The molecule has 17 nitrogen and oxygen atoms in total. The van der Waals surface area contributed by atoms with E-state index < -0.39 is 118 Å². The minimum absolute atomic E-state index is 0.620. The maximum atomic E-state index is 11.4. The standard InChI is InChI=1S/C20H35NO16/c1-5(25)21-9-11(27)16(7(3-23)33-18(9)32)36-20-15(31)13(29)17(8(4-24)35-20)37-19-14(30)12(28)10(26)6(2-22)34-19/h6-20,22-24,26-32H,2-4H2,1H3,(H,21,25)/t6-,7-,8-,9-,10-,11-,12+,13-,14-,15-,16-,17+,18?,19-,20+/m1/s1. The zero-order valence-electron chi connectivity index (χ0n) is 19.7. The van der Waals surface area contributed by atoms with Gasteiger partial charge < -0.3 is 80.1 Å². The zero-order chi connectivity index (χ0) is 27.6. The molecule has 3 aliphatic heterocycles. The molecule has 216 valence electrons. The van der Waals surface area contributed by atoms with Crippen molar-refractivity contribution in [3.8, 4) is 0 Å². The third-order valence-electron chi connectivity index (χ3n) is 6.49. The van der Waals surface area contributed by atoms with Crippen LogP contribution in [-0.2, 0) is 28.5 Å². The van der Waals surface area contributed by atoms with E-state index in [9.17, 15) is 55.9 Å². The molecule has 11 N–H and O–H groups in total. The molecule has 1 amide bonds. The summed E-state index contributed by atoms with van der Waals surface area (Å²) < 4.78 is 26.9. The fourth-order valence-corrected chi connectivity index (χ4v) is 4.46. The van der Waals surface area contributed by atoms with Crippen molar-refractivity contribution in [3.05, 3.63) is 0 Å². The Hall–Kier alpha value is -1.13. The molecule has 0 aromatic carbocycles. The van der Waals surface area contributed by atoms with Gasteiger partial charge in [0.25, 0.3) is 0 Å². The second-order valence-corrected chi connectivity index (χ2v) is 9.07. The van der Waals surface area contributed by atoms with Crippen LogP contribution in [0.15, 0.2) is 0 Å². The first kappa shape index (κ1) is 30.4. The maximum Gasteiger partial charge on any atom is 0.217 e. The molecule has 3 heterocycles. The third-order valence-corrected chi connectivity index (χ3v) is 6.49.